The van der Waals surface area contributed by atoms with Crippen molar-refractivity contribution in [2.24, 2.45) is 11.1 Å². The fourth-order valence-electron chi connectivity index (χ4n) is 1.80. The first-order valence-electron chi connectivity index (χ1n) is 6.57. The van der Waals surface area contributed by atoms with Gasteiger partial charge >= 0.3 is 0 Å². The second-order valence-corrected chi connectivity index (χ2v) is 6.30. The van der Waals surface area contributed by atoms with Crippen molar-refractivity contribution in [2.75, 3.05) is 0 Å². The molecule has 3 N–H and O–H groups in total. The zero-order valence-electron chi connectivity index (χ0n) is 12.0. The van der Waals surface area contributed by atoms with Crippen LogP contribution in [0.25, 0.3) is 0 Å². The lowest BCUT2D eigenvalue weighted by Gasteiger charge is -2.28. The summed E-state index contributed by atoms with van der Waals surface area (Å²) in [4.78, 5) is 12.1. The Bertz CT molecular complexity index is 440. The maximum absolute atomic E-state index is 12.1. The minimum atomic E-state index is -0.527. The van der Waals surface area contributed by atoms with E-state index in [9.17, 15) is 4.79 Å². The molecule has 0 bridgehead atoms. The Morgan fingerprint density at radius 2 is 2.05 bits per heavy atom. The first-order valence-corrected chi connectivity index (χ1v) is 6.95. The molecule has 3 nitrogen and oxygen atoms in total. The number of rotatable bonds is 4. The fraction of sp³-hybridized carbons (Fsp3) is 0.533. The Kier molecular flexibility index (Phi) is 5.39. The highest BCUT2D eigenvalue weighted by Crippen LogP contribution is 2.22. The average molecular weight is 283 g/mol. The zero-order chi connectivity index (χ0) is 14.6. The van der Waals surface area contributed by atoms with Crippen LogP contribution in [0.5, 0.6) is 0 Å². The lowest BCUT2D eigenvalue weighted by atomic mass is 9.86. The van der Waals surface area contributed by atoms with Crippen molar-refractivity contribution in [2.45, 2.75) is 46.2 Å². The summed E-state index contributed by atoms with van der Waals surface area (Å²) in [5.41, 5.74) is 6.72. The number of nitrogens with two attached hydrogens (primary N) is 1. The van der Waals surface area contributed by atoms with Crippen molar-refractivity contribution in [3.05, 3.63) is 34.9 Å². The molecule has 1 aromatic carbocycles. The molecular weight excluding hydrogens is 260 g/mol. The molecule has 0 aliphatic carbocycles. The molecule has 0 heterocycles. The molecule has 1 amide bonds. The van der Waals surface area contributed by atoms with E-state index in [0.717, 1.165) is 12.0 Å². The van der Waals surface area contributed by atoms with E-state index in [0.29, 0.717) is 5.02 Å². The van der Waals surface area contributed by atoms with Crippen LogP contribution in [-0.2, 0) is 4.79 Å². The van der Waals surface area contributed by atoms with Gasteiger partial charge in [0.25, 0.3) is 0 Å². The number of halogens is 1. The van der Waals surface area contributed by atoms with Gasteiger partial charge in [0.1, 0.15) is 0 Å². The summed E-state index contributed by atoms with van der Waals surface area (Å²) in [7, 11) is 0. The van der Waals surface area contributed by atoms with Crippen LogP contribution in [0.3, 0.4) is 0 Å². The number of carbonyl (C=O) groups excluding carboxylic acids is 1. The van der Waals surface area contributed by atoms with Crippen LogP contribution in [0.4, 0.5) is 0 Å². The number of nitrogens with one attached hydrogen (secondary N) is 1. The minimum absolute atomic E-state index is 0.0559. The summed E-state index contributed by atoms with van der Waals surface area (Å²) in [6.45, 7) is 7.89. The smallest absolute Gasteiger partial charge is 0.237 e. The molecule has 2 unspecified atom stereocenters. The van der Waals surface area contributed by atoms with Crippen molar-refractivity contribution >= 4 is 17.5 Å². The summed E-state index contributed by atoms with van der Waals surface area (Å²) in [5.74, 6) is -0.126. The number of amides is 1. The summed E-state index contributed by atoms with van der Waals surface area (Å²) in [5, 5.41) is 3.67. The molecule has 0 saturated heterocycles. The van der Waals surface area contributed by atoms with Gasteiger partial charge in [-0.1, -0.05) is 51.4 Å². The molecule has 106 valence electrons. The van der Waals surface area contributed by atoms with Crippen LogP contribution in [0.15, 0.2) is 24.3 Å². The van der Waals surface area contributed by atoms with Gasteiger partial charge in [-0.3, -0.25) is 4.79 Å². The van der Waals surface area contributed by atoms with E-state index in [-0.39, 0.29) is 17.4 Å². The fourth-order valence-corrected chi connectivity index (χ4v) is 2.00. The lowest BCUT2D eigenvalue weighted by Crippen LogP contribution is -2.49. The van der Waals surface area contributed by atoms with E-state index in [1.165, 1.54) is 0 Å². The predicted molar refractivity (Wildman–Crippen MR) is 80.1 cm³/mol. The van der Waals surface area contributed by atoms with Crippen LogP contribution >= 0.6 is 11.6 Å². The highest BCUT2D eigenvalue weighted by molar-refractivity contribution is 6.30. The van der Waals surface area contributed by atoms with Crippen LogP contribution in [-0.4, -0.2) is 11.9 Å². The number of hydrogen-bond donors (Lipinski definition) is 2. The van der Waals surface area contributed by atoms with E-state index >= 15 is 0 Å². The molecule has 0 fully saturated rings. The number of benzene rings is 1. The first kappa shape index (κ1) is 16.0. The highest BCUT2D eigenvalue weighted by atomic mass is 35.5. The van der Waals surface area contributed by atoms with Crippen LogP contribution < -0.4 is 11.1 Å². The van der Waals surface area contributed by atoms with Crippen molar-refractivity contribution in [1.29, 1.82) is 0 Å². The van der Waals surface area contributed by atoms with E-state index in [1.54, 1.807) is 0 Å². The summed E-state index contributed by atoms with van der Waals surface area (Å²) >= 11 is 5.98. The molecule has 0 radical (unpaired) electrons. The van der Waals surface area contributed by atoms with E-state index in [1.807, 2.05) is 52.0 Å². The average Bonchev–Trinajstić information content (AvgIpc) is 2.33. The Morgan fingerprint density at radius 3 is 2.53 bits per heavy atom. The van der Waals surface area contributed by atoms with Crippen molar-refractivity contribution in [3.8, 4) is 0 Å². The maximum atomic E-state index is 12.1. The van der Waals surface area contributed by atoms with Gasteiger partial charge < -0.3 is 11.1 Å². The molecule has 1 rings (SSSR count). The van der Waals surface area contributed by atoms with E-state index < -0.39 is 6.04 Å². The maximum Gasteiger partial charge on any atom is 0.237 e. The van der Waals surface area contributed by atoms with Gasteiger partial charge in [-0.25, -0.2) is 0 Å². The van der Waals surface area contributed by atoms with Gasteiger partial charge in [0.2, 0.25) is 5.91 Å². The summed E-state index contributed by atoms with van der Waals surface area (Å²) in [6, 6.07) is 6.96. The van der Waals surface area contributed by atoms with Gasteiger partial charge in [0.15, 0.2) is 0 Å². The normalized spacial score (nSPS) is 14.8. The molecular formula is C15H23ClN2O. The summed E-state index contributed by atoms with van der Waals surface area (Å²) < 4.78 is 0. The highest BCUT2D eigenvalue weighted by Gasteiger charge is 2.28. The summed E-state index contributed by atoms with van der Waals surface area (Å²) in [6.07, 6.45) is 0.795. The third-order valence-electron chi connectivity index (χ3n) is 3.19. The molecule has 0 aliphatic rings. The van der Waals surface area contributed by atoms with Crippen LogP contribution in [0.2, 0.25) is 5.02 Å². The van der Waals surface area contributed by atoms with E-state index in [4.69, 9.17) is 17.3 Å². The lowest BCUT2D eigenvalue weighted by molar-refractivity contribution is -0.125. The molecule has 1 aromatic rings. The van der Waals surface area contributed by atoms with Gasteiger partial charge in [0.05, 0.1) is 12.1 Å². The first-order chi connectivity index (χ1) is 8.75. The minimum Gasteiger partial charge on any atom is -0.348 e. The standard InChI is InChI=1S/C15H23ClN2O/c1-5-12(10-7-6-8-11(16)9-10)18-14(19)13(17)15(2,3)4/h6-9,12-13H,5,17H2,1-4H3,(H,18,19). The number of hydrogen-bond acceptors (Lipinski definition) is 2. The van der Waals surface area contributed by atoms with Crippen molar-refractivity contribution < 1.29 is 4.79 Å². The quantitative estimate of drug-likeness (QED) is 0.890. The zero-order valence-corrected chi connectivity index (χ0v) is 12.8. The molecule has 2 atom stereocenters. The van der Waals surface area contributed by atoms with Gasteiger partial charge in [-0.2, -0.15) is 0 Å². The molecule has 0 aromatic heterocycles. The molecule has 19 heavy (non-hydrogen) atoms. The Labute approximate surface area is 120 Å². The van der Waals surface area contributed by atoms with Crippen molar-refractivity contribution in [1.82, 2.24) is 5.32 Å². The van der Waals surface area contributed by atoms with Gasteiger partial charge in [-0.15, -0.1) is 0 Å². The molecule has 0 aliphatic heterocycles. The second-order valence-electron chi connectivity index (χ2n) is 5.87. The van der Waals surface area contributed by atoms with Crippen LogP contribution in [0.1, 0.15) is 45.7 Å². The molecule has 0 spiro atoms. The predicted octanol–water partition coefficient (Wildman–Crippen LogP) is 3.28. The Hall–Kier alpha value is -1.06. The van der Waals surface area contributed by atoms with Gasteiger partial charge in [-0.05, 0) is 29.5 Å². The number of carbonyl (C=O) groups is 1. The monoisotopic (exact) mass is 282 g/mol. The van der Waals surface area contributed by atoms with Crippen LogP contribution in [0, 0.1) is 5.41 Å². The Balaban J connectivity index is 2.81. The van der Waals surface area contributed by atoms with Crippen molar-refractivity contribution in [3.63, 3.8) is 0 Å². The van der Waals surface area contributed by atoms with E-state index in [2.05, 4.69) is 5.32 Å². The third kappa shape index (κ3) is 4.51. The topological polar surface area (TPSA) is 55.1 Å². The largest absolute Gasteiger partial charge is 0.348 e. The van der Waals surface area contributed by atoms with Gasteiger partial charge in [0, 0.05) is 5.02 Å². The SMILES string of the molecule is CCC(NC(=O)C(N)C(C)(C)C)c1cccc(Cl)c1. The third-order valence-corrected chi connectivity index (χ3v) is 3.43. The molecule has 0 saturated carbocycles. The Morgan fingerprint density at radius 1 is 1.42 bits per heavy atom. The second kappa shape index (κ2) is 6.40. The molecule has 4 heteroatoms.